The second-order valence-electron chi connectivity index (χ2n) is 8.13. The SMILES string of the molecule is Cc1ccc(S(=O)(=O)Oc2cccnc2)c([C@@H](C)NC(=O)Cc2ccc(C(C)C)cc2)c1. The van der Waals surface area contributed by atoms with Gasteiger partial charge in [0.25, 0.3) is 0 Å². The van der Waals surface area contributed by atoms with Crippen LogP contribution in [0, 0.1) is 6.92 Å². The largest absolute Gasteiger partial charge is 0.377 e. The van der Waals surface area contributed by atoms with Crippen molar-refractivity contribution >= 4 is 16.0 Å². The molecule has 3 aromatic rings. The molecule has 168 valence electrons. The van der Waals surface area contributed by atoms with Crippen molar-refractivity contribution in [2.75, 3.05) is 0 Å². The van der Waals surface area contributed by atoms with Crippen LogP contribution in [0.2, 0.25) is 0 Å². The second kappa shape index (κ2) is 9.96. The molecule has 0 aliphatic rings. The van der Waals surface area contributed by atoms with E-state index >= 15 is 0 Å². The topological polar surface area (TPSA) is 85.4 Å². The van der Waals surface area contributed by atoms with Gasteiger partial charge in [-0.1, -0.05) is 55.8 Å². The summed E-state index contributed by atoms with van der Waals surface area (Å²) >= 11 is 0. The van der Waals surface area contributed by atoms with E-state index in [0.717, 1.165) is 11.1 Å². The van der Waals surface area contributed by atoms with E-state index in [1.807, 2.05) is 31.2 Å². The van der Waals surface area contributed by atoms with Crippen molar-refractivity contribution < 1.29 is 17.4 Å². The lowest BCUT2D eigenvalue weighted by Crippen LogP contribution is -2.29. The standard InChI is InChI=1S/C25H28N2O4S/c1-17(2)21-10-8-20(9-11-21)15-25(28)27-19(4)23-14-18(3)7-12-24(23)32(29,30)31-22-6-5-13-26-16-22/h5-14,16-17,19H,15H2,1-4H3,(H,27,28)/t19-/m1/s1. The van der Waals surface area contributed by atoms with E-state index in [9.17, 15) is 13.2 Å². The maximum atomic E-state index is 12.9. The summed E-state index contributed by atoms with van der Waals surface area (Å²) in [5.41, 5.74) is 3.46. The fourth-order valence-electron chi connectivity index (χ4n) is 3.38. The zero-order valence-corrected chi connectivity index (χ0v) is 19.5. The van der Waals surface area contributed by atoms with Gasteiger partial charge in [-0.25, -0.2) is 0 Å². The van der Waals surface area contributed by atoms with Crippen LogP contribution >= 0.6 is 0 Å². The van der Waals surface area contributed by atoms with E-state index in [1.165, 1.54) is 30.1 Å². The number of hydrogen-bond acceptors (Lipinski definition) is 5. The van der Waals surface area contributed by atoms with E-state index in [2.05, 4.69) is 24.1 Å². The molecule has 0 fully saturated rings. The van der Waals surface area contributed by atoms with Crippen LogP contribution in [-0.2, 0) is 21.3 Å². The number of rotatable bonds is 8. The quantitative estimate of drug-likeness (QED) is 0.501. The van der Waals surface area contributed by atoms with Gasteiger partial charge in [-0.05, 0) is 54.7 Å². The molecule has 1 amide bonds. The van der Waals surface area contributed by atoms with Gasteiger partial charge in [-0.15, -0.1) is 0 Å². The van der Waals surface area contributed by atoms with Gasteiger partial charge in [0.05, 0.1) is 18.7 Å². The molecule has 0 saturated carbocycles. The minimum atomic E-state index is -4.10. The molecule has 0 unspecified atom stereocenters. The normalized spacial score (nSPS) is 12.4. The third kappa shape index (κ3) is 5.95. The first-order valence-electron chi connectivity index (χ1n) is 10.5. The Morgan fingerprint density at radius 1 is 1.06 bits per heavy atom. The molecule has 2 aromatic carbocycles. The smallest absolute Gasteiger partial charge is 0.339 e. The van der Waals surface area contributed by atoms with Crippen LogP contribution < -0.4 is 9.50 Å². The summed E-state index contributed by atoms with van der Waals surface area (Å²) in [5.74, 6) is 0.363. The van der Waals surface area contributed by atoms with Gasteiger partial charge in [0.2, 0.25) is 5.91 Å². The number of aryl methyl sites for hydroxylation is 1. The third-order valence-electron chi connectivity index (χ3n) is 5.13. The molecule has 1 N–H and O–H groups in total. The molecule has 0 aliphatic heterocycles. The first-order valence-corrected chi connectivity index (χ1v) is 11.9. The monoisotopic (exact) mass is 452 g/mol. The third-order valence-corrected chi connectivity index (χ3v) is 6.45. The van der Waals surface area contributed by atoms with Gasteiger partial charge in [0.15, 0.2) is 5.75 Å². The van der Waals surface area contributed by atoms with Gasteiger partial charge >= 0.3 is 10.1 Å². The van der Waals surface area contributed by atoms with E-state index in [1.54, 1.807) is 25.1 Å². The van der Waals surface area contributed by atoms with Crippen molar-refractivity contribution in [1.82, 2.24) is 10.3 Å². The maximum absolute atomic E-state index is 12.9. The number of benzene rings is 2. The first kappa shape index (κ1) is 23.5. The number of hydrogen-bond donors (Lipinski definition) is 1. The Hall–Kier alpha value is -3.19. The Kier molecular flexibility index (Phi) is 7.30. The lowest BCUT2D eigenvalue weighted by atomic mass is 10.0. The Bertz CT molecular complexity index is 1170. The average molecular weight is 453 g/mol. The second-order valence-corrected chi connectivity index (χ2v) is 9.64. The lowest BCUT2D eigenvalue weighted by Gasteiger charge is -2.19. The molecule has 0 saturated heterocycles. The predicted octanol–water partition coefficient (Wildman–Crippen LogP) is 4.70. The fourth-order valence-corrected chi connectivity index (χ4v) is 4.58. The summed E-state index contributed by atoms with van der Waals surface area (Å²) in [6, 6.07) is 15.5. The van der Waals surface area contributed by atoms with Crippen LogP contribution in [-0.4, -0.2) is 19.3 Å². The molecule has 1 heterocycles. The first-order chi connectivity index (χ1) is 15.2. The maximum Gasteiger partial charge on any atom is 0.339 e. The molecule has 0 radical (unpaired) electrons. The van der Waals surface area contributed by atoms with Crippen molar-refractivity contribution in [1.29, 1.82) is 0 Å². The molecular weight excluding hydrogens is 424 g/mol. The van der Waals surface area contributed by atoms with Crippen molar-refractivity contribution in [3.05, 3.63) is 89.2 Å². The van der Waals surface area contributed by atoms with Gasteiger partial charge in [0.1, 0.15) is 4.90 Å². The van der Waals surface area contributed by atoms with Crippen molar-refractivity contribution in [3.8, 4) is 5.75 Å². The predicted molar refractivity (Wildman–Crippen MR) is 124 cm³/mol. The molecule has 0 aliphatic carbocycles. The number of nitrogens with one attached hydrogen (secondary N) is 1. The number of carbonyl (C=O) groups excluding carboxylic acids is 1. The molecule has 7 heteroatoms. The minimum Gasteiger partial charge on any atom is -0.377 e. The Labute approximate surface area is 189 Å². The molecule has 1 aromatic heterocycles. The van der Waals surface area contributed by atoms with Gasteiger partial charge in [-0.3, -0.25) is 9.78 Å². The Morgan fingerprint density at radius 3 is 2.41 bits per heavy atom. The summed E-state index contributed by atoms with van der Waals surface area (Å²) in [7, 11) is -4.10. The van der Waals surface area contributed by atoms with Crippen LogP contribution in [0.25, 0.3) is 0 Å². The molecule has 32 heavy (non-hydrogen) atoms. The Morgan fingerprint density at radius 2 is 1.78 bits per heavy atom. The van der Waals surface area contributed by atoms with E-state index in [-0.39, 0.29) is 23.0 Å². The zero-order valence-electron chi connectivity index (χ0n) is 18.7. The molecule has 3 rings (SSSR count). The highest BCUT2D eigenvalue weighted by atomic mass is 32.2. The van der Waals surface area contributed by atoms with Gasteiger partial charge in [0, 0.05) is 6.20 Å². The van der Waals surface area contributed by atoms with Gasteiger partial charge < -0.3 is 9.50 Å². The van der Waals surface area contributed by atoms with Crippen molar-refractivity contribution in [3.63, 3.8) is 0 Å². The molecular formula is C25H28N2O4S. The van der Waals surface area contributed by atoms with E-state index in [0.29, 0.717) is 11.5 Å². The van der Waals surface area contributed by atoms with Crippen molar-refractivity contribution in [2.45, 2.75) is 51.0 Å². The van der Waals surface area contributed by atoms with E-state index in [4.69, 9.17) is 4.18 Å². The van der Waals surface area contributed by atoms with Crippen LogP contribution in [0.3, 0.4) is 0 Å². The Balaban J connectivity index is 1.78. The van der Waals surface area contributed by atoms with Crippen LogP contribution in [0.5, 0.6) is 5.75 Å². The van der Waals surface area contributed by atoms with E-state index < -0.39 is 16.2 Å². The molecule has 6 nitrogen and oxygen atoms in total. The highest BCUT2D eigenvalue weighted by Crippen LogP contribution is 2.27. The zero-order chi connectivity index (χ0) is 23.3. The van der Waals surface area contributed by atoms with Gasteiger partial charge in [-0.2, -0.15) is 8.42 Å². The number of aromatic nitrogens is 1. The lowest BCUT2D eigenvalue weighted by molar-refractivity contribution is -0.121. The van der Waals surface area contributed by atoms with Crippen LogP contribution in [0.1, 0.15) is 55.0 Å². The summed E-state index contributed by atoms with van der Waals surface area (Å²) in [5, 5.41) is 2.91. The summed E-state index contributed by atoms with van der Waals surface area (Å²) in [4.78, 5) is 16.5. The fraction of sp³-hybridized carbons (Fsp3) is 0.280. The summed E-state index contributed by atoms with van der Waals surface area (Å²) in [6.45, 7) is 7.87. The number of nitrogens with zero attached hydrogens (tertiary/aromatic N) is 1. The average Bonchev–Trinajstić information content (AvgIpc) is 2.74. The highest BCUT2D eigenvalue weighted by Gasteiger charge is 2.25. The van der Waals surface area contributed by atoms with Crippen LogP contribution in [0.15, 0.2) is 71.9 Å². The van der Waals surface area contributed by atoms with Crippen molar-refractivity contribution in [2.24, 2.45) is 0 Å². The summed E-state index contributed by atoms with van der Waals surface area (Å²) < 4.78 is 31.1. The number of pyridine rings is 1. The minimum absolute atomic E-state index is 0.0149. The highest BCUT2D eigenvalue weighted by molar-refractivity contribution is 7.87. The van der Waals surface area contributed by atoms with Crippen LogP contribution in [0.4, 0.5) is 0 Å². The molecule has 0 spiro atoms. The molecule has 1 atom stereocenters. The number of amides is 1. The number of carbonyl (C=O) groups is 1. The molecule has 0 bridgehead atoms. The summed E-state index contributed by atoms with van der Waals surface area (Å²) in [6.07, 6.45) is 3.08.